The van der Waals surface area contributed by atoms with E-state index < -0.39 is 5.79 Å². The van der Waals surface area contributed by atoms with Crippen molar-refractivity contribution in [3.63, 3.8) is 0 Å². The van der Waals surface area contributed by atoms with Crippen LogP contribution in [0.1, 0.15) is 17.3 Å². The maximum Gasteiger partial charge on any atom is 0.255 e. The fraction of sp³-hybridized carbons (Fsp3) is 0.300. The van der Waals surface area contributed by atoms with Gasteiger partial charge in [-0.2, -0.15) is 0 Å². The predicted octanol–water partition coefficient (Wildman–Crippen LogP) is 0.517. The molecule has 0 saturated heterocycles. The molecule has 4 heteroatoms. The molecule has 0 spiro atoms. The van der Waals surface area contributed by atoms with Crippen LogP contribution in [0.25, 0.3) is 0 Å². The average molecular weight is 193 g/mol. The van der Waals surface area contributed by atoms with Crippen molar-refractivity contribution in [1.82, 2.24) is 5.32 Å². The van der Waals surface area contributed by atoms with Crippen molar-refractivity contribution < 1.29 is 14.6 Å². The molecule has 1 aliphatic heterocycles. The number of amides is 1. The van der Waals surface area contributed by atoms with Crippen molar-refractivity contribution in [3.05, 3.63) is 29.8 Å². The average Bonchev–Trinajstić information content (AvgIpc) is 2.25. The molecule has 0 fully saturated rings. The maximum absolute atomic E-state index is 11.5. The monoisotopic (exact) mass is 193 g/mol. The third kappa shape index (κ3) is 1.56. The van der Waals surface area contributed by atoms with Crippen LogP contribution in [0.3, 0.4) is 0 Å². The van der Waals surface area contributed by atoms with Crippen molar-refractivity contribution in [2.24, 2.45) is 0 Å². The Morgan fingerprint density at radius 3 is 3.00 bits per heavy atom. The van der Waals surface area contributed by atoms with Crippen molar-refractivity contribution in [2.45, 2.75) is 12.7 Å². The van der Waals surface area contributed by atoms with Gasteiger partial charge in [-0.15, -0.1) is 0 Å². The van der Waals surface area contributed by atoms with E-state index in [1.54, 1.807) is 24.3 Å². The van der Waals surface area contributed by atoms with Gasteiger partial charge in [-0.25, -0.2) is 0 Å². The van der Waals surface area contributed by atoms with Crippen LogP contribution in [0.2, 0.25) is 0 Å². The van der Waals surface area contributed by atoms with Gasteiger partial charge in [0.2, 0.25) is 5.79 Å². The molecule has 0 saturated carbocycles. The minimum Gasteiger partial charge on any atom is -0.460 e. The first kappa shape index (κ1) is 9.02. The second-order valence-corrected chi connectivity index (χ2v) is 3.46. The Morgan fingerprint density at radius 2 is 2.21 bits per heavy atom. The Labute approximate surface area is 81.5 Å². The summed E-state index contributed by atoms with van der Waals surface area (Å²) in [5.41, 5.74) is 0.449. The topological polar surface area (TPSA) is 58.6 Å². The third-order valence-electron chi connectivity index (χ3n) is 2.04. The number of para-hydroxylation sites is 1. The number of carbonyl (C=O) groups excluding carboxylic acids is 1. The molecule has 1 heterocycles. The lowest BCUT2D eigenvalue weighted by molar-refractivity contribution is -0.114. The van der Waals surface area contributed by atoms with Gasteiger partial charge in [-0.3, -0.25) is 4.79 Å². The van der Waals surface area contributed by atoms with E-state index in [4.69, 9.17) is 4.74 Å². The number of hydrogen-bond acceptors (Lipinski definition) is 3. The maximum atomic E-state index is 11.5. The van der Waals surface area contributed by atoms with Gasteiger partial charge in [0.1, 0.15) is 5.75 Å². The van der Waals surface area contributed by atoms with Crippen molar-refractivity contribution in [2.75, 3.05) is 6.54 Å². The molecule has 0 aromatic heterocycles. The number of nitrogens with one attached hydrogen (secondary N) is 1. The molecule has 0 aliphatic carbocycles. The molecule has 1 unspecified atom stereocenters. The first-order chi connectivity index (χ1) is 6.58. The molecule has 1 amide bonds. The molecule has 2 N–H and O–H groups in total. The number of hydrogen-bond donors (Lipinski definition) is 2. The first-order valence-electron chi connectivity index (χ1n) is 4.37. The van der Waals surface area contributed by atoms with Gasteiger partial charge in [0, 0.05) is 6.92 Å². The lowest BCUT2D eigenvalue weighted by Crippen LogP contribution is -2.42. The number of fused-ring (bicyclic) bond motifs is 1. The largest absolute Gasteiger partial charge is 0.460 e. The van der Waals surface area contributed by atoms with Crippen LogP contribution in [0.5, 0.6) is 5.75 Å². The second-order valence-electron chi connectivity index (χ2n) is 3.46. The SMILES string of the molecule is CC1(O)CNC(=O)c2ccccc2O1. The zero-order chi connectivity index (χ0) is 10.2. The smallest absolute Gasteiger partial charge is 0.255 e. The lowest BCUT2D eigenvalue weighted by Gasteiger charge is -2.21. The van der Waals surface area contributed by atoms with E-state index in [9.17, 15) is 9.90 Å². The number of benzene rings is 1. The highest BCUT2D eigenvalue weighted by Gasteiger charge is 2.29. The highest BCUT2D eigenvalue weighted by Crippen LogP contribution is 2.24. The number of ether oxygens (including phenoxy) is 1. The van der Waals surface area contributed by atoms with Crippen LogP contribution < -0.4 is 10.1 Å². The van der Waals surface area contributed by atoms with Crippen LogP contribution >= 0.6 is 0 Å². The Bertz CT molecular complexity index is 373. The van der Waals surface area contributed by atoms with E-state index in [1.165, 1.54) is 6.92 Å². The van der Waals surface area contributed by atoms with Crippen LogP contribution in [0, 0.1) is 0 Å². The summed E-state index contributed by atoms with van der Waals surface area (Å²) in [4.78, 5) is 11.5. The Hall–Kier alpha value is -1.55. The molecule has 14 heavy (non-hydrogen) atoms. The summed E-state index contributed by atoms with van der Waals surface area (Å²) in [5.74, 6) is -1.16. The molecule has 74 valence electrons. The Balaban J connectivity index is 2.46. The van der Waals surface area contributed by atoms with Crippen molar-refractivity contribution in [3.8, 4) is 5.75 Å². The molecule has 1 aromatic carbocycles. The molecule has 0 bridgehead atoms. The number of β-amino-alcohol motifs (C(OH)–C–C–N with tert-alkyl or cyclic N) is 1. The van der Waals surface area contributed by atoms with Crippen LogP contribution in [-0.4, -0.2) is 23.3 Å². The molecule has 0 radical (unpaired) electrons. The summed E-state index contributed by atoms with van der Waals surface area (Å²) >= 11 is 0. The fourth-order valence-corrected chi connectivity index (χ4v) is 1.36. The number of aliphatic hydroxyl groups is 1. The zero-order valence-corrected chi connectivity index (χ0v) is 7.78. The molecular weight excluding hydrogens is 182 g/mol. The summed E-state index contributed by atoms with van der Waals surface area (Å²) < 4.78 is 5.29. The normalized spacial score (nSPS) is 25.7. The summed E-state index contributed by atoms with van der Waals surface area (Å²) in [6.07, 6.45) is 0. The zero-order valence-electron chi connectivity index (χ0n) is 7.78. The molecule has 1 aliphatic rings. The van der Waals surface area contributed by atoms with E-state index in [1.807, 2.05) is 0 Å². The van der Waals surface area contributed by atoms with Gasteiger partial charge in [0.05, 0.1) is 12.1 Å². The fourth-order valence-electron chi connectivity index (χ4n) is 1.36. The lowest BCUT2D eigenvalue weighted by atomic mass is 10.2. The third-order valence-corrected chi connectivity index (χ3v) is 2.04. The van der Waals surface area contributed by atoms with E-state index in [0.29, 0.717) is 11.3 Å². The Kier molecular flexibility index (Phi) is 1.93. The minimum atomic E-state index is -1.34. The summed E-state index contributed by atoms with van der Waals surface area (Å²) in [6.45, 7) is 1.59. The molecule has 2 rings (SSSR count). The van der Waals surface area contributed by atoms with Gasteiger partial charge in [-0.1, -0.05) is 12.1 Å². The van der Waals surface area contributed by atoms with E-state index in [0.717, 1.165) is 0 Å². The molecule has 4 nitrogen and oxygen atoms in total. The van der Waals surface area contributed by atoms with Gasteiger partial charge in [-0.05, 0) is 12.1 Å². The van der Waals surface area contributed by atoms with Gasteiger partial charge in [0.25, 0.3) is 5.91 Å². The summed E-state index contributed by atoms with van der Waals surface area (Å²) in [5, 5.41) is 12.3. The molecule has 1 atom stereocenters. The highest BCUT2D eigenvalue weighted by molar-refractivity contribution is 5.97. The standard InChI is InChI=1S/C10H11NO3/c1-10(13)6-11-9(12)7-4-2-3-5-8(7)14-10/h2-5,13H,6H2,1H3,(H,11,12). The van der Waals surface area contributed by atoms with Gasteiger partial charge in [0.15, 0.2) is 0 Å². The van der Waals surface area contributed by atoms with Gasteiger partial charge < -0.3 is 15.2 Å². The number of rotatable bonds is 0. The predicted molar refractivity (Wildman–Crippen MR) is 50.0 cm³/mol. The molecule has 1 aromatic rings. The van der Waals surface area contributed by atoms with Crippen molar-refractivity contribution >= 4 is 5.91 Å². The first-order valence-corrected chi connectivity index (χ1v) is 4.37. The van der Waals surface area contributed by atoms with Crippen molar-refractivity contribution in [1.29, 1.82) is 0 Å². The number of carbonyl (C=O) groups is 1. The van der Waals surface area contributed by atoms with E-state index in [-0.39, 0.29) is 12.5 Å². The quantitative estimate of drug-likeness (QED) is 0.631. The minimum absolute atomic E-state index is 0.0838. The summed E-state index contributed by atoms with van der Waals surface area (Å²) in [6, 6.07) is 6.83. The molecular formula is C10H11NO3. The Morgan fingerprint density at radius 1 is 1.50 bits per heavy atom. The van der Waals surface area contributed by atoms with Crippen LogP contribution in [0.15, 0.2) is 24.3 Å². The van der Waals surface area contributed by atoms with E-state index >= 15 is 0 Å². The van der Waals surface area contributed by atoms with Gasteiger partial charge >= 0.3 is 0 Å². The van der Waals surface area contributed by atoms with Crippen LogP contribution in [-0.2, 0) is 0 Å². The summed E-state index contributed by atoms with van der Waals surface area (Å²) in [7, 11) is 0. The second kappa shape index (κ2) is 2.99. The van der Waals surface area contributed by atoms with Crippen LogP contribution in [0.4, 0.5) is 0 Å². The van der Waals surface area contributed by atoms with E-state index in [2.05, 4.69) is 5.32 Å². The highest BCUT2D eigenvalue weighted by atomic mass is 16.6.